The molecule has 33 heavy (non-hydrogen) atoms. The highest BCUT2D eigenvalue weighted by Gasteiger charge is 2.49. The van der Waals surface area contributed by atoms with Gasteiger partial charge in [-0.1, -0.05) is 73.8 Å². The average molecular weight is 505 g/mol. The zero-order valence-electron chi connectivity index (χ0n) is 19.1. The van der Waals surface area contributed by atoms with Crippen LogP contribution in [0.15, 0.2) is 61.2 Å². The summed E-state index contributed by atoms with van der Waals surface area (Å²) in [6.07, 6.45) is 4.61. The van der Waals surface area contributed by atoms with E-state index in [-0.39, 0.29) is 24.1 Å². The van der Waals surface area contributed by atoms with Crippen LogP contribution in [0.25, 0.3) is 0 Å². The van der Waals surface area contributed by atoms with E-state index in [9.17, 15) is 4.79 Å². The Hall–Kier alpha value is -1.46. The lowest BCUT2D eigenvalue weighted by Gasteiger charge is -2.48. The number of hydrogen-bond acceptors (Lipinski definition) is 3. The van der Waals surface area contributed by atoms with E-state index in [1.54, 1.807) is 6.08 Å². The van der Waals surface area contributed by atoms with Crippen molar-refractivity contribution in [2.45, 2.75) is 74.3 Å². The van der Waals surface area contributed by atoms with Crippen LogP contribution in [-0.4, -0.2) is 33.5 Å². The molecule has 176 valence electrons. The summed E-state index contributed by atoms with van der Waals surface area (Å²) in [5.41, 5.74) is 2.00. The Morgan fingerprint density at radius 2 is 1.88 bits per heavy atom. The molecule has 1 saturated carbocycles. The molecule has 0 N–H and O–H groups in total. The molecule has 1 amide bonds. The minimum absolute atomic E-state index is 0.0504. The van der Waals surface area contributed by atoms with Crippen molar-refractivity contribution in [1.82, 2.24) is 4.90 Å². The highest BCUT2D eigenvalue weighted by atomic mass is 35.5. The van der Waals surface area contributed by atoms with Crippen LogP contribution >= 0.6 is 35.0 Å². The van der Waals surface area contributed by atoms with E-state index in [4.69, 9.17) is 27.9 Å². The molecule has 1 aliphatic heterocycles. The van der Waals surface area contributed by atoms with Crippen molar-refractivity contribution < 1.29 is 9.53 Å². The zero-order valence-corrected chi connectivity index (χ0v) is 21.5. The van der Waals surface area contributed by atoms with Gasteiger partial charge in [-0.3, -0.25) is 4.79 Å². The fraction of sp³-hybridized carbons (Fsp3) is 0.444. The van der Waals surface area contributed by atoms with Crippen molar-refractivity contribution >= 4 is 40.9 Å². The second-order valence-electron chi connectivity index (χ2n) is 9.09. The maximum absolute atomic E-state index is 13.9. The predicted molar refractivity (Wildman–Crippen MR) is 139 cm³/mol. The third-order valence-electron chi connectivity index (χ3n) is 6.42. The number of hydrogen-bond donors (Lipinski definition) is 0. The van der Waals surface area contributed by atoms with Gasteiger partial charge in [0, 0.05) is 27.8 Å². The monoisotopic (exact) mass is 503 g/mol. The Kier molecular flexibility index (Phi) is 8.11. The Balaban J connectivity index is 1.83. The van der Waals surface area contributed by atoms with Gasteiger partial charge in [0.2, 0.25) is 0 Å². The molecule has 0 radical (unpaired) electrons. The first kappa shape index (κ1) is 24.7. The van der Waals surface area contributed by atoms with Gasteiger partial charge in [0.1, 0.15) is 12.2 Å². The number of nitrogens with zero attached hydrogens (tertiary/aromatic N) is 1. The molecule has 0 aromatic heterocycles. The summed E-state index contributed by atoms with van der Waals surface area (Å²) in [4.78, 5) is 16.1. The molecule has 2 aliphatic rings. The number of rotatable bonds is 7. The molecule has 4 rings (SSSR count). The fourth-order valence-electron chi connectivity index (χ4n) is 5.11. The Morgan fingerprint density at radius 1 is 1.12 bits per heavy atom. The molecule has 3 nitrogen and oxygen atoms in total. The summed E-state index contributed by atoms with van der Waals surface area (Å²) in [6, 6.07) is 15.5. The first-order valence-electron chi connectivity index (χ1n) is 11.6. The van der Waals surface area contributed by atoms with Crippen LogP contribution in [0.4, 0.5) is 0 Å². The van der Waals surface area contributed by atoms with Crippen LogP contribution in [0.1, 0.15) is 62.8 Å². The molecular formula is C27H31Cl2NO2S. The second kappa shape index (κ2) is 10.9. The van der Waals surface area contributed by atoms with E-state index < -0.39 is 6.10 Å². The molecule has 5 atom stereocenters. The highest BCUT2D eigenvalue weighted by Crippen LogP contribution is 2.48. The van der Waals surface area contributed by atoms with Crippen LogP contribution in [-0.2, 0) is 9.53 Å². The van der Waals surface area contributed by atoms with E-state index in [0.29, 0.717) is 27.0 Å². The van der Waals surface area contributed by atoms with E-state index in [1.165, 1.54) is 0 Å². The van der Waals surface area contributed by atoms with Gasteiger partial charge >= 0.3 is 0 Å². The van der Waals surface area contributed by atoms with Crippen molar-refractivity contribution in [2.24, 2.45) is 0 Å². The van der Waals surface area contributed by atoms with Gasteiger partial charge in [0.05, 0.1) is 6.04 Å². The van der Waals surface area contributed by atoms with Gasteiger partial charge in [-0.25, -0.2) is 0 Å². The smallest absolute Gasteiger partial charge is 0.252 e. The molecule has 0 bridgehead atoms. The number of halogens is 2. The standard InChI is InChI=1S/C27H31Cl2NO2S/c1-4-7-23-27(31)30(22-10-6-11-24(22)33-17(2)3)25(18-12-14-20(28)15-13-18)26(32-23)19-8-5-9-21(29)16-19/h4-5,8-9,12-17,22-26H,1,6-7,10-11H2,2-3H3. The minimum Gasteiger partial charge on any atom is -0.358 e. The fourth-order valence-corrected chi connectivity index (χ4v) is 6.88. The highest BCUT2D eigenvalue weighted by molar-refractivity contribution is 8.00. The topological polar surface area (TPSA) is 29.5 Å². The number of thioether (sulfide) groups is 1. The van der Waals surface area contributed by atoms with Crippen molar-refractivity contribution in [3.8, 4) is 0 Å². The quantitative estimate of drug-likeness (QED) is 0.363. The number of ether oxygens (including phenoxy) is 1. The number of benzene rings is 2. The average Bonchev–Trinajstić information content (AvgIpc) is 3.22. The molecule has 2 aromatic rings. The Morgan fingerprint density at radius 3 is 2.55 bits per heavy atom. The number of morpholine rings is 1. The Bertz CT molecular complexity index is 980. The Labute approximate surface area is 211 Å². The van der Waals surface area contributed by atoms with E-state index >= 15 is 0 Å². The first-order valence-corrected chi connectivity index (χ1v) is 13.3. The first-order chi connectivity index (χ1) is 15.9. The lowest BCUT2D eigenvalue weighted by molar-refractivity contribution is -0.178. The maximum atomic E-state index is 13.9. The van der Waals surface area contributed by atoms with Crippen LogP contribution < -0.4 is 0 Å². The largest absolute Gasteiger partial charge is 0.358 e. The van der Waals surface area contributed by atoms with E-state index in [1.807, 2.05) is 60.3 Å². The van der Waals surface area contributed by atoms with E-state index in [2.05, 4.69) is 25.3 Å². The minimum atomic E-state index is -0.555. The predicted octanol–water partition coefficient (Wildman–Crippen LogP) is 7.64. The van der Waals surface area contributed by atoms with Gasteiger partial charge in [-0.2, -0.15) is 11.8 Å². The van der Waals surface area contributed by atoms with Crippen molar-refractivity contribution in [3.63, 3.8) is 0 Å². The number of carbonyl (C=O) groups is 1. The molecule has 2 aromatic carbocycles. The lowest BCUT2D eigenvalue weighted by atomic mass is 9.89. The molecule has 5 unspecified atom stereocenters. The summed E-state index contributed by atoms with van der Waals surface area (Å²) >= 11 is 14.6. The van der Waals surface area contributed by atoms with Gasteiger partial charge in [0.25, 0.3) is 5.91 Å². The zero-order chi connectivity index (χ0) is 23.5. The summed E-state index contributed by atoms with van der Waals surface area (Å²) < 4.78 is 6.52. The summed E-state index contributed by atoms with van der Waals surface area (Å²) in [7, 11) is 0. The van der Waals surface area contributed by atoms with Crippen molar-refractivity contribution in [1.29, 1.82) is 0 Å². The summed E-state index contributed by atoms with van der Waals surface area (Å²) in [5, 5.41) is 2.25. The molecule has 1 saturated heterocycles. The third kappa shape index (κ3) is 5.45. The van der Waals surface area contributed by atoms with Crippen LogP contribution in [0.2, 0.25) is 10.0 Å². The van der Waals surface area contributed by atoms with E-state index in [0.717, 1.165) is 30.4 Å². The van der Waals surface area contributed by atoms with Crippen LogP contribution in [0.5, 0.6) is 0 Å². The molecular weight excluding hydrogens is 473 g/mol. The molecule has 2 fully saturated rings. The van der Waals surface area contributed by atoms with Gasteiger partial charge in [-0.15, -0.1) is 6.58 Å². The molecule has 1 heterocycles. The van der Waals surface area contributed by atoms with Gasteiger partial charge in [0.15, 0.2) is 0 Å². The molecule has 6 heteroatoms. The maximum Gasteiger partial charge on any atom is 0.252 e. The second-order valence-corrected chi connectivity index (χ2v) is 11.8. The molecule has 0 spiro atoms. The number of amides is 1. The normalized spacial score (nSPS) is 27.8. The third-order valence-corrected chi connectivity index (χ3v) is 8.35. The number of carbonyl (C=O) groups excluding carboxylic acids is 1. The van der Waals surface area contributed by atoms with Crippen LogP contribution in [0, 0.1) is 0 Å². The van der Waals surface area contributed by atoms with Gasteiger partial charge < -0.3 is 9.64 Å². The van der Waals surface area contributed by atoms with Crippen molar-refractivity contribution in [2.75, 3.05) is 0 Å². The lowest BCUT2D eigenvalue weighted by Crippen LogP contribution is -2.56. The van der Waals surface area contributed by atoms with Crippen molar-refractivity contribution in [3.05, 3.63) is 82.4 Å². The summed E-state index contributed by atoms with van der Waals surface area (Å²) in [5.74, 6) is 0.0504. The van der Waals surface area contributed by atoms with Crippen LogP contribution in [0.3, 0.4) is 0 Å². The van der Waals surface area contributed by atoms with Gasteiger partial charge in [-0.05, 0) is 53.5 Å². The summed E-state index contributed by atoms with van der Waals surface area (Å²) in [6.45, 7) is 8.33. The SMILES string of the molecule is C=CCC1OC(c2cccc(Cl)c2)C(c2ccc(Cl)cc2)N(C2CCCC2SC(C)C)C1=O. The molecule has 1 aliphatic carbocycles.